The van der Waals surface area contributed by atoms with Gasteiger partial charge in [-0.2, -0.15) is 0 Å². The van der Waals surface area contributed by atoms with E-state index in [0.717, 1.165) is 22.5 Å². The summed E-state index contributed by atoms with van der Waals surface area (Å²) in [4.78, 5) is 4.28. The lowest BCUT2D eigenvalue weighted by molar-refractivity contribution is 0.413. The van der Waals surface area contributed by atoms with E-state index in [2.05, 4.69) is 15.2 Å². The number of fused-ring (bicyclic) bond motifs is 1. The highest BCUT2D eigenvalue weighted by molar-refractivity contribution is 5.80. The van der Waals surface area contributed by atoms with E-state index in [1.807, 2.05) is 65.7 Å². The molecular weight excluding hydrogens is 436 g/mol. The number of nitrogens with zero attached hydrogens (tertiary/aromatic N) is 5. The Morgan fingerprint density at radius 3 is 2.44 bits per heavy atom. The van der Waals surface area contributed by atoms with Gasteiger partial charge in [-0.15, -0.1) is 10.2 Å². The molecule has 0 saturated carbocycles. The maximum Gasteiger partial charge on any atom is 0.165 e. The summed E-state index contributed by atoms with van der Waals surface area (Å²) in [6.07, 6.45) is 5.51. The van der Waals surface area contributed by atoms with Gasteiger partial charge in [-0.3, -0.25) is 0 Å². The van der Waals surface area contributed by atoms with Gasteiger partial charge in [0.1, 0.15) is 23.1 Å². The van der Waals surface area contributed by atoms with Crippen molar-refractivity contribution in [3.63, 3.8) is 0 Å². The molecule has 0 spiro atoms. The molecule has 34 heavy (non-hydrogen) atoms. The van der Waals surface area contributed by atoms with E-state index in [-0.39, 0.29) is 11.6 Å². The number of imidazole rings is 1. The highest BCUT2D eigenvalue weighted by atomic mass is 19.1. The summed E-state index contributed by atoms with van der Waals surface area (Å²) < 4.78 is 37.8. The van der Waals surface area contributed by atoms with Gasteiger partial charge < -0.3 is 13.9 Å². The third-order valence-corrected chi connectivity index (χ3v) is 6.14. The Hall–Kier alpha value is -4.07. The molecule has 0 saturated heterocycles. The molecule has 172 valence electrons. The van der Waals surface area contributed by atoms with Crippen LogP contribution in [-0.4, -0.2) is 31.4 Å². The lowest BCUT2D eigenvalue weighted by Crippen LogP contribution is -2.11. The van der Waals surface area contributed by atoms with Crippen molar-refractivity contribution in [2.75, 3.05) is 7.11 Å². The second-order valence-corrected chi connectivity index (χ2v) is 8.30. The van der Waals surface area contributed by atoms with Crippen LogP contribution in [0.2, 0.25) is 0 Å². The van der Waals surface area contributed by atoms with Gasteiger partial charge in [0.2, 0.25) is 0 Å². The van der Waals surface area contributed by atoms with Gasteiger partial charge in [-0.25, -0.2) is 13.8 Å². The van der Waals surface area contributed by atoms with Crippen molar-refractivity contribution in [2.45, 2.75) is 26.8 Å². The Labute approximate surface area is 195 Å². The molecular formula is C26H23F2N5O. The van der Waals surface area contributed by atoms with Gasteiger partial charge in [-0.05, 0) is 62.7 Å². The van der Waals surface area contributed by atoms with E-state index in [0.29, 0.717) is 22.8 Å². The smallest absolute Gasteiger partial charge is 0.165 e. The van der Waals surface area contributed by atoms with Gasteiger partial charge in [0.05, 0.1) is 30.9 Å². The van der Waals surface area contributed by atoms with Crippen LogP contribution in [0, 0.1) is 25.5 Å². The van der Waals surface area contributed by atoms with Crippen LogP contribution < -0.4 is 4.74 Å². The van der Waals surface area contributed by atoms with Crippen molar-refractivity contribution in [3.05, 3.63) is 89.6 Å². The third kappa shape index (κ3) is 3.61. The van der Waals surface area contributed by atoms with E-state index in [4.69, 9.17) is 4.74 Å². The Bertz CT molecular complexity index is 1450. The predicted octanol–water partition coefficient (Wildman–Crippen LogP) is 5.75. The number of aromatic nitrogens is 5. The van der Waals surface area contributed by atoms with Crippen LogP contribution in [0.25, 0.3) is 28.3 Å². The summed E-state index contributed by atoms with van der Waals surface area (Å²) >= 11 is 0. The summed E-state index contributed by atoms with van der Waals surface area (Å²) in [6, 6.07) is 12.0. The quantitative estimate of drug-likeness (QED) is 0.336. The maximum atomic E-state index is 14.2. The van der Waals surface area contributed by atoms with E-state index in [1.54, 1.807) is 13.4 Å². The number of hydrogen-bond acceptors (Lipinski definition) is 4. The molecule has 2 aliphatic rings. The number of ether oxygens (including phenoxy) is 1. The topological polar surface area (TPSA) is 57.8 Å². The third-order valence-electron chi connectivity index (χ3n) is 6.14. The Kier molecular flexibility index (Phi) is 5.36. The molecule has 1 atom stereocenters. The van der Waals surface area contributed by atoms with Crippen molar-refractivity contribution in [2.24, 2.45) is 0 Å². The van der Waals surface area contributed by atoms with E-state index in [9.17, 15) is 8.78 Å². The molecule has 0 unspecified atom stereocenters. The minimum Gasteiger partial charge on any atom is -0.495 e. The molecule has 0 radical (unpaired) electrons. The summed E-state index contributed by atoms with van der Waals surface area (Å²) in [5.41, 5.74) is 4.67. The first-order valence-electron chi connectivity index (χ1n) is 10.9. The van der Waals surface area contributed by atoms with E-state index < -0.39 is 11.6 Å². The van der Waals surface area contributed by atoms with Gasteiger partial charge >= 0.3 is 0 Å². The molecule has 1 aromatic heterocycles. The van der Waals surface area contributed by atoms with Gasteiger partial charge in [-0.1, -0.05) is 6.07 Å². The molecule has 3 heterocycles. The van der Waals surface area contributed by atoms with Crippen molar-refractivity contribution in [1.82, 2.24) is 24.3 Å². The van der Waals surface area contributed by atoms with Crippen molar-refractivity contribution < 1.29 is 13.5 Å². The minimum absolute atomic E-state index is 0.0118. The van der Waals surface area contributed by atoms with Crippen LogP contribution in [0.3, 0.4) is 0 Å². The highest BCUT2D eigenvalue weighted by Gasteiger charge is 2.22. The zero-order valence-electron chi connectivity index (χ0n) is 19.3. The second kappa shape index (κ2) is 8.37. The first-order valence-corrected chi connectivity index (χ1v) is 10.9. The van der Waals surface area contributed by atoms with Crippen molar-refractivity contribution in [3.8, 4) is 34.1 Å². The molecule has 6 nitrogen and oxygen atoms in total. The molecule has 8 heteroatoms. The molecule has 0 amide bonds. The summed E-state index contributed by atoms with van der Waals surface area (Å²) in [7, 11) is 1.62. The normalized spacial score (nSPS) is 12.3. The zero-order valence-corrected chi connectivity index (χ0v) is 19.3. The lowest BCUT2D eigenvalue weighted by atomic mass is 10.0. The largest absolute Gasteiger partial charge is 0.495 e. The molecule has 0 aliphatic carbocycles. The van der Waals surface area contributed by atoms with Crippen molar-refractivity contribution >= 4 is 0 Å². The first-order chi connectivity index (χ1) is 16.4. The molecule has 2 aromatic carbocycles. The Balaban J connectivity index is 1.53. The number of methoxy groups -OCH3 is 1. The fourth-order valence-electron chi connectivity index (χ4n) is 4.14. The Morgan fingerprint density at radius 2 is 1.76 bits per heavy atom. The molecule has 5 rings (SSSR count). The van der Waals surface area contributed by atoms with E-state index in [1.165, 1.54) is 19.1 Å². The molecule has 2 aliphatic heterocycles. The zero-order chi connectivity index (χ0) is 24.0. The number of pyridine rings is 1. The number of aryl methyl sites for hydroxylation is 1. The molecule has 0 N–H and O–H groups in total. The first kappa shape index (κ1) is 21.8. The highest BCUT2D eigenvalue weighted by Crippen LogP contribution is 2.37. The van der Waals surface area contributed by atoms with Crippen LogP contribution in [0.1, 0.15) is 29.8 Å². The molecule has 0 fully saturated rings. The van der Waals surface area contributed by atoms with Crippen LogP contribution >= 0.6 is 0 Å². The molecule has 3 aromatic rings. The van der Waals surface area contributed by atoms with Crippen LogP contribution in [0.4, 0.5) is 8.78 Å². The van der Waals surface area contributed by atoms with Crippen molar-refractivity contribution in [1.29, 1.82) is 0 Å². The average molecular weight is 460 g/mol. The maximum absolute atomic E-state index is 14.2. The number of halogens is 2. The fourth-order valence-corrected chi connectivity index (χ4v) is 4.14. The van der Waals surface area contributed by atoms with E-state index >= 15 is 0 Å². The van der Waals surface area contributed by atoms with Crippen LogP contribution in [-0.2, 0) is 0 Å². The monoisotopic (exact) mass is 459 g/mol. The number of hydrogen-bond donors (Lipinski definition) is 0. The lowest BCUT2D eigenvalue weighted by Gasteiger charge is -2.20. The van der Waals surface area contributed by atoms with Crippen LogP contribution in [0.15, 0.2) is 61.2 Å². The minimum atomic E-state index is -0.566. The summed E-state index contributed by atoms with van der Waals surface area (Å²) in [6.45, 7) is 5.23. The summed E-state index contributed by atoms with van der Waals surface area (Å²) in [5, 5.41) is 8.85. The Morgan fingerprint density at radius 1 is 1.00 bits per heavy atom. The predicted molar refractivity (Wildman–Crippen MR) is 125 cm³/mol. The second-order valence-electron chi connectivity index (χ2n) is 8.30. The van der Waals surface area contributed by atoms with Crippen LogP contribution in [0.5, 0.6) is 5.75 Å². The SMILES string of the molecule is COc1cc(-c2nnc3n([C@@H](C)c4cc(F)c(C)c(F)c4)cccc2-3)ccc1-n1cnc(C)c1. The van der Waals surface area contributed by atoms with Gasteiger partial charge in [0.25, 0.3) is 0 Å². The van der Waals surface area contributed by atoms with Gasteiger partial charge in [0.15, 0.2) is 5.82 Å². The number of benzene rings is 2. The summed E-state index contributed by atoms with van der Waals surface area (Å²) in [5.74, 6) is 0.168. The molecule has 0 bridgehead atoms. The standard InChI is InChI=1S/C26H23F2N5O/c1-15-13-32(14-29-15)23-8-7-18(12-24(23)34-4)25-20-6-5-9-33(26(20)31-30-25)17(3)19-10-21(27)16(2)22(28)11-19/h5-14,17H,1-4H3/t17-/m0/s1. The fraction of sp³-hybridized carbons (Fsp3) is 0.192. The van der Waals surface area contributed by atoms with Gasteiger partial charge in [0, 0.05) is 29.1 Å². The average Bonchev–Trinajstić information content (AvgIpc) is 3.47. The number of rotatable bonds is 5.